The molecule has 4 nitrogen and oxygen atoms in total. The van der Waals surface area contributed by atoms with E-state index in [9.17, 15) is 8.42 Å². The Balaban J connectivity index is 1.92. The standard InChI is InChI=1S/C15H21NO3S2/c1-2-12-4-3-5-13(10-12)21(17,18)16-7-9-20-15-11-19-8-6-14(15)16/h3-5,10,14-15H,2,6-9,11H2,1H3/t14-,15+/m1/s1. The highest BCUT2D eigenvalue weighted by atomic mass is 32.2. The number of sulfonamides is 1. The first-order chi connectivity index (χ1) is 10.1. The molecular formula is C15H21NO3S2. The van der Waals surface area contributed by atoms with E-state index in [1.54, 1.807) is 10.4 Å². The predicted octanol–water partition coefficient (Wildman–Crippen LogP) is 2.14. The third kappa shape index (κ3) is 2.99. The Bertz CT molecular complexity index is 601. The van der Waals surface area contributed by atoms with Gasteiger partial charge in [-0.15, -0.1) is 0 Å². The van der Waals surface area contributed by atoms with Crippen molar-refractivity contribution >= 4 is 21.8 Å². The van der Waals surface area contributed by atoms with Crippen LogP contribution in [0.4, 0.5) is 0 Å². The minimum absolute atomic E-state index is 0.0767. The van der Waals surface area contributed by atoms with Crippen LogP contribution in [0.15, 0.2) is 29.2 Å². The quantitative estimate of drug-likeness (QED) is 0.853. The van der Waals surface area contributed by atoms with Gasteiger partial charge in [0, 0.05) is 30.2 Å². The fraction of sp³-hybridized carbons (Fsp3) is 0.600. The van der Waals surface area contributed by atoms with E-state index in [-0.39, 0.29) is 11.3 Å². The molecule has 0 radical (unpaired) electrons. The summed E-state index contributed by atoms with van der Waals surface area (Å²) in [5, 5.41) is 0.275. The Morgan fingerprint density at radius 1 is 1.43 bits per heavy atom. The summed E-state index contributed by atoms with van der Waals surface area (Å²) in [5.41, 5.74) is 1.06. The van der Waals surface area contributed by atoms with Crippen LogP contribution in [0.3, 0.4) is 0 Å². The van der Waals surface area contributed by atoms with Gasteiger partial charge in [-0.3, -0.25) is 0 Å². The zero-order valence-corrected chi connectivity index (χ0v) is 13.8. The first-order valence-corrected chi connectivity index (χ1v) is 9.92. The highest BCUT2D eigenvalue weighted by Crippen LogP contribution is 2.34. The number of thioether (sulfide) groups is 1. The Morgan fingerprint density at radius 3 is 3.10 bits per heavy atom. The van der Waals surface area contributed by atoms with Crippen molar-refractivity contribution in [1.29, 1.82) is 0 Å². The second-order valence-electron chi connectivity index (χ2n) is 5.46. The molecule has 0 unspecified atom stereocenters. The molecule has 0 bridgehead atoms. The molecule has 0 N–H and O–H groups in total. The molecule has 2 aliphatic rings. The molecular weight excluding hydrogens is 306 g/mol. The van der Waals surface area contributed by atoms with Crippen molar-refractivity contribution in [3.8, 4) is 0 Å². The van der Waals surface area contributed by atoms with E-state index in [0.717, 1.165) is 24.2 Å². The maximum atomic E-state index is 13.0. The highest BCUT2D eigenvalue weighted by Gasteiger charge is 2.40. The number of hydrogen-bond donors (Lipinski definition) is 0. The van der Waals surface area contributed by atoms with Gasteiger partial charge < -0.3 is 4.74 Å². The average molecular weight is 327 g/mol. The van der Waals surface area contributed by atoms with Gasteiger partial charge in [0.1, 0.15) is 0 Å². The van der Waals surface area contributed by atoms with Crippen molar-refractivity contribution in [3.63, 3.8) is 0 Å². The largest absolute Gasteiger partial charge is 0.380 e. The Morgan fingerprint density at radius 2 is 2.29 bits per heavy atom. The first kappa shape index (κ1) is 15.3. The number of nitrogens with zero attached hydrogens (tertiary/aromatic N) is 1. The lowest BCUT2D eigenvalue weighted by atomic mass is 10.1. The summed E-state index contributed by atoms with van der Waals surface area (Å²) < 4.78 is 33.2. The van der Waals surface area contributed by atoms with Gasteiger partial charge in [0.2, 0.25) is 10.0 Å². The Labute approximate surface area is 130 Å². The molecule has 3 rings (SSSR count). The SMILES string of the molecule is CCc1cccc(S(=O)(=O)N2CCS[C@H]3COCC[C@H]32)c1. The van der Waals surface area contributed by atoms with Crippen molar-refractivity contribution < 1.29 is 13.2 Å². The normalized spacial score (nSPS) is 27.3. The fourth-order valence-corrected chi connectivity index (χ4v) is 6.27. The molecule has 2 fully saturated rings. The summed E-state index contributed by atoms with van der Waals surface area (Å²) in [4.78, 5) is 0.430. The molecule has 21 heavy (non-hydrogen) atoms. The number of hydrogen-bond acceptors (Lipinski definition) is 4. The van der Waals surface area contributed by atoms with Crippen molar-refractivity contribution in [3.05, 3.63) is 29.8 Å². The zero-order chi connectivity index (χ0) is 14.9. The van der Waals surface area contributed by atoms with Crippen LogP contribution in [0.5, 0.6) is 0 Å². The van der Waals surface area contributed by atoms with Crippen LogP contribution in [0.25, 0.3) is 0 Å². The first-order valence-electron chi connectivity index (χ1n) is 7.43. The second-order valence-corrected chi connectivity index (χ2v) is 8.69. The van der Waals surface area contributed by atoms with Gasteiger partial charge in [-0.2, -0.15) is 16.1 Å². The van der Waals surface area contributed by atoms with Crippen LogP contribution in [0, 0.1) is 0 Å². The topological polar surface area (TPSA) is 46.6 Å². The lowest BCUT2D eigenvalue weighted by Gasteiger charge is -2.42. The van der Waals surface area contributed by atoms with Gasteiger partial charge in [0.05, 0.1) is 11.5 Å². The highest BCUT2D eigenvalue weighted by molar-refractivity contribution is 8.00. The van der Waals surface area contributed by atoms with Crippen LogP contribution < -0.4 is 0 Å². The van der Waals surface area contributed by atoms with Gasteiger partial charge in [0.15, 0.2) is 0 Å². The second kappa shape index (κ2) is 6.28. The predicted molar refractivity (Wildman–Crippen MR) is 85.2 cm³/mol. The lowest BCUT2D eigenvalue weighted by Crippen LogP contribution is -2.54. The van der Waals surface area contributed by atoms with Crippen LogP contribution >= 0.6 is 11.8 Å². The molecule has 0 amide bonds. The molecule has 2 aliphatic heterocycles. The zero-order valence-electron chi connectivity index (χ0n) is 12.2. The van der Waals surface area contributed by atoms with Crippen LogP contribution in [0.2, 0.25) is 0 Å². The van der Waals surface area contributed by atoms with Crippen molar-refractivity contribution in [1.82, 2.24) is 4.31 Å². The van der Waals surface area contributed by atoms with E-state index < -0.39 is 10.0 Å². The summed E-state index contributed by atoms with van der Waals surface area (Å²) in [5.74, 6) is 0.844. The third-order valence-electron chi connectivity index (χ3n) is 4.20. The van der Waals surface area contributed by atoms with Crippen LogP contribution in [-0.4, -0.2) is 49.5 Å². The van der Waals surface area contributed by atoms with Gasteiger partial charge in [-0.1, -0.05) is 19.1 Å². The molecule has 6 heteroatoms. The van der Waals surface area contributed by atoms with Crippen LogP contribution in [-0.2, 0) is 21.2 Å². The summed E-state index contributed by atoms with van der Waals surface area (Å²) in [6, 6.07) is 7.41. The van der Waals surface area contributed by atoms with E-state index >= 15 is 0 Å². The van der Waals surface area contributed by atoms with Gasteiger partial charge in [0.25, 0.3) is 0 Å². The maximum absolute atomic E-state index is 13.0. The summed E-state index contributed by atoms with van der Waals surface area (Å²) in [7, 11) is -3.40. The molecule has 1 aromatic rings. The molecule has 0 aromatic heterocycles. The number of ether oxygens (including phenoxy) is 1. The maximum Gasteiger partial charge on any atom is 0.243 e. The number of aryl methyl sites for hydroxylation is 1. The molecule has 116 valence electrons. The molecule has 2 atom stereocenters. The minimum Gasteiger partial charge on any atom is -0.380 e. The summed E-state index contributed by atoms with van der Waals surface area (Å²) >= 11 is 1.84. The molecule has 0 saturated carbocycles. The van der Waals surface area contributed by atoms with Gasteiger partial charge in [-0.05, 0) is 30.5 Å². The summed E-state index contributed by atoms with van der Waals surface area (Å²) in [6.07, 6.45) is 1.64. The summed E-state index contributed by atoms with van der Waals surface area (Å²) in [6.45, 7) is 3.96. The average Bonchev–Trinajstić information content (AvgIpc) is 2.54. The van der Waals surface area contributed by atoms with E-state index in [2.05, 4.69) is 0 Å². The molecule has 0 spiro atoms. The van der Waals surface area contributed by atoms with Gasteiger partial charge >= 0.3 is 0 Å². The number of rotatable bonds is 3. The number of benzene rings is 1. The van der Waals surface area contributed by atoms with Crippen molar-refractivity contribution in [2.45, 2.75) is 36.0 Å². The Kier molecular flexibility index (Phi) is 4.59. The lowest BCUT2D eigenvalue weighted by molar-refractivity contribution is 0.0625. The number of fused-ring (bicyclic) bond motifs is 1. The smallest absolute Gasteiger partial charge is 0.243 e. The molecule has 1 aromatic carbocycles. The monoisotopic (exact) mass is 327 g/mol. The van der Waals surface area contributed by atoms with E-state index in [1.807, 2.05) is 36.9 Å². The molecule has 2 heterocycles. The Hall–Kier alpha value is -0.560. The fourth-order valence-electron chi connectivity index (χ4n) is 3.01. The van der Waals surface area contributed by atoms with E-state index in [1.165, 1.54) is 0 Å². The molecule has 0 aliphatic carbocycles. The van der Waals surface area contributed by atoms with E-state index in [4.69, 9.17) is 4.74 Å². The van der Waals surface area contributed by atoms with Crippen LogP contribution in [0.1, 0.15) is 18.9 Å². The third-order valence-corrected chi connectivity index (χ3v) is 7.41. The van der Waals surface area contributed by atoms with Gasteiger partial charge in [-0.25, -0.2) is 8.42 Å². The van der Waals surface area contributed by atoms with E-state index in [0.29, 0.717) is 24.7 Å². The minimum atomic E-state index is -3.40. The molecule has 2 saturated heterocycles. The van der Waals surface area contributed by atoms with Crippen molar-refractivity contribution in [2.75, 3.05) is 25.5 Å². The van der Waals surface area contributed by atoms with Crippen molar-refractivity contribution in [2.24, 2.45) is 0 Å².